The molecular formula is C13H14FNOS. The van der Waals surface area contributed by atoms with Crippen LogP contribution in [0.15, 0.2) is 30.5 Å². The molecule has 0 unspecified atom stereocenters. The van der Waals surface area contributed by atoms with Gasteiger partial charge in [0.25, 0.3) is 0 Å². The Kier molecular flexibility index (Phi) is 4.34. The van der Waals surface area contributed by atoms with Gasteiger partial charge in [-0.15, -0.1) is 0 Å². The number of thioether (sulfide) groups is 1. The summed E-state index contributed by atoms with van der Waals surface area (Å²) in [5.74, 6) is 1.38. The number of hydrogen-bond donors (Lipinski definition) is 1. The van der Waals surface area contributed by atoms with Crippen molar-refractivity contribution >= 4 is 22.7 Å². The van der Waals surface area contributed by atoms with Gasteiger partial charge in [-0.25, -0.2) is 4.39 Å². The van der Waals surface area contributed by atoms with Crippen LogP contribution < -0.4 is 0 Å². The summed E-state index contributed by atoms with van der Waals surface area (Å²) >= 11 is 1.69. The third kappa shape index (κ3) is 3.17. The first-order chi connectivity index (χ1) is 8.31. The molecule has 0 aliphatic heterocycles. The van der Waals surface area contributed by atoms with E-state index in [-0.39, 0.29) is 12.4 Å². The summed E-state index contributed by atoms with van der Waals surface area (Å²) in [6, 6.07) is 6.73. The highest BCUT2D eigenvalue weighted by molar-refractivity contribution is 7.98. The molecule has 0 radical (unpaired) electrons. The first kappa shape index (κ1) is 12.3. The lowest BCUT2D eigenvalue weighted by Gasteiger charge is -2.05. The predicted octanol–water partition coefficient (Wildman–Crippen LogP) is 2.99. The van der Waals surface area contributed by atoms with E-state index in [1.165, 1.54) is 6.07 Å². The summed E-state index contributed by atoms with van der Waals surface area (Å²) in [5, 5.41) is 9.53. The maximum atomic E-state index is 13.4. The molecule has 1 aromatic carbocycles. The largest absolute Gasteiger partial charge is 0.396 e. The Labute approximate surface area is 104 Å². The Balaban J connectivity index is 2.20. The van der Waals surface area contributed by atoms with Gasteiger partial charge in [0.15, 0.2) is 0 Å². The average Bonchev–Trinajstić information content (AvgIpc) is 2.34. The zero-order chi connectivity index (χ0) is 12.1. The molecule has 1 aromatic heterocycles. The molecule has 0 atom stereocenters. The molecule has 2 aromatic rings. The van der Waals surface area contributed by atoms with Crippen molar-refractivity contribution < 1.29 is 9.50 Å². The Morgan fingerprint density at radius 2 is 2.24 bits per heavy atom. The first-order valence-electron chi connectivity index (χ1n) is 5.53. The fourth-order valence-corrected chi connectivity index (χ4v) is 2.60. The highest BCUT2D eigenvalue weighted by Crippen LogP contribution is 2.22. The van der Waals surface area contributed by atoms with Crippen LogP contribution in [0.1, 0.15) is 12.0 Å². The van der Waals surface area contributed by atoms with Crippen LogP contribution in [0.5, 0.6) is 0 Å². The molecule has 2 rings (SSSR count). The van der Waals surface area contributed by atoms with Crippen LogP contribution in [0.25, 0.3) is 10.9 Å². The normalized spacial score (nSPS) is 10.9. The van der Waals surface area contributed by atoms with Crippen molar-refractivity contribution in [2.75, 3.05) is 12.4 Å². The molecule has 0 amide bonds. The quantitative estimate of drug-likeness (QED) is 0.829. The minimum atomic E-state index is -0.219. The van der Waals surface area contributed by atoms with Crippen molar-refractivity contribution in [3.05, 3.63) is 41.8 Å². The van der Waals surface area contributed by atoms with E-state index in [1.54, 1.807) is 24.0 Å². The number of aromatic nitrogens is 1. The molecular weight excluding hydrogens is 237 g/mol. The molecule has 0 saturated carbocycles. The molecule has 0 saturated heterocycles. The lowest BCUT2D eigenvalue weighted by Crippen LogP contribution is -1.92. The molecule has 0 bridgehead atoms. The van der Waals surface area contributed by atoms with Crippen LogP contribution in [0, 0.1) is 5.82 Å². The molecule has 1 N–H and O–H groups in total. The molecule has 90 valence electrons. The smallest absolute Gasteiger partial charge is 0.124 e. The highest BCUT2D eigenvalue weighted by atomic mass is 32.2. The van der Waals surface area contributed by atoms with Gasteiger partial charge in [-0.05, 0) is 35.9 Å². The SMILES string of the molecule is OCCCSCc1cc(F)cc2cccnc12. The van der Waals surface area contributed by atoms with Gasteiger partial charge in [-0.1, -0.05) is 6.07 Å². The van der Waals surface area contributed by atoms with Crippen LogP contribution in [0.4, 0.5) is 4.39 Å². The van der Waals surface area contributed by atoms with Gasteiger partial charge in [0.2, 0.25) is 0 Å². The molecule has 0 aliphatic carbocycles. The van der Waals surface area contributed by atoms with E-state index in [4.69, 9.17) is 5.11 Å². The Morgan fingerprint density at radius 3 is 3.06 bits per heavy atom. The summed E-state index contributed by atoms with van der Waals surface area (Å²) in [6.07, 6.45) is 2.49. The van der Waals surface area contributed by atoms with E-state index in [0.717, 1.165) is 34.4 Å². The second kappa shape index (κ2) is 5.98. The fraction of sp³-hybridized carbons (Fsp3) is 0.308. The lowest BCUT2D eigenvalue weighted by atomic mass is 10.1. The van der Waals surface area contributed by atoms with E-state index in [0.29, 0.717) is 0 Å². The second-order valence-corrected chi connectivity index (χ2v) is 4.87. The molecule has 0 aliphatic rings. The Hall–Kier alpha value is -1.13. The number of hydrogen-bond acceptors (Lipinski definition) is 3. The zero-order valence-corrected chi connectivity index (χ0v) is 10.2. The van der Waals surface area contributed by atoms with Crippen molar-refractivity contribution in [2.24, 2.45) is 0 Å². The average molecular weight is 251 g/mol. The summed E-state index contributed by atoms with van der Waals surface area (Å²) in [6.45, 7) is 0.204. The fourth-order valence-electron chi connectivity index (χ4n) is 1.69. The van der Waals surface area contributed by atoms with Crippen molar-refractivity contribution in [3.8, 4) is 0 Å². The summed E-state index contributed by atoms with van der Waals surface area (Å²) in [5.41, 5.74) is 1.79. The summed E-state index contributed by atoms with van der Waals surface area (Å²) in [7, 11) is 0. The highest BCUT2D eigenvalue weighted by Gasteiger charge is 2.05. The van der Waals surface area contributed by atoms with Gasteiger partial charge in [0.1, 0.15) is 5.82 Å². The van der Waals surface area contributed by atoms with Crippen LogP contribution in [-0.2, 0) is 5.75 Å². The number of aliphatic hydroxyl groups excluding tert-OH is 1. The van der Waals surface area contributed by atoms with Crippen molar-refractivity contribution in [1.82, 2.24) is 4.98 Å². The van der Waals surface area contributed by atoms with Gasteiger partial charge in [0, 0.05) is 23.9 Å². The van der Waals surface area contributed by atoms with E-state index < -0.39 is 0 Å². The van der Waals surface area contributed by atoms with Gasteiger partial charge >= 0.3 is 0 Å². The Bertz CT molecular complexity index is 504. The monoisotopic (exact) mass is 251 g/mol. The summed E-state index contributed by atoms with van der Waals surface area (Å²) in [4.78, 5) is 4.29. The Morgan fingerprint density at radius 1 is 1.35 bits per heavy atom. The number of pyridine rings is 1. The number of rotatable bonds is 5. The minimum absolute atomic E-state index is 0.204. The maximum Gasteiger partial charge on any atom is 0.124 e. The third-order valence-corrected chi connectivity index (χ3v) is 3.55. The molecule has 4 heteroatoms. The molecule has 2 nitrogen and oxygen atoms in total. The number of halogens is 1. The van der Waals surface area contributed by atoms with Gasteiger partial charge in [-0.2, -0.15) is 11.8 Å². The standard InChI is InChI=1S/C13H14FNOS/c14-12-7-10-3-1-4-15-13(10)11(8-12)9-17-6-2-5-16/h1,3-4,7-8,16H,2,5-6,9H2. The zero-order valence-electron chi connectivity index (χ0n) is 9.40. The van der Waals surface area contributed by atoms with Crippen molar-refractivity contribution in [1.29, 1.82) is 0 Å². The van der Waals surface area contributed by atoms with Gasteiger partial charge in [-0.3, -0.25) is 4.98 Å². The lowest BCUT2D eigenvalue weighted by molar-refractivity contribution is 0.296. The van der Waals surface area contributed by atoms with E-state index >= 15 is 0 Å². The van der Waals surface area contributed by atoms with Crippen LogP contribution in [-0.4, -0.2) is 22.5 Å². The minimum Gasteiger partial charge on any atom is -0.396 e. The number of fused-ring (bicyclic) bond motifs is 1. The number of benzene rings is 1. The summed E-state index contributed by atoms with van der Waals surface area (Å²) < 4.78 is 13.4. The van der Waals surface area contributed by atoms with Crippen LogP contribution in [0.3, 0.4) is 0 Å². The number of nitrogens with zero attached hydrogens (tertiary/aromatic N) is 1. The molecule has 0 spiro atoms. The molecule has 1 heterocycles. The van der Waals surface area contributed by atoms with Crippen LogP contribution >= 0.6 is 11.8 Å². The maximum absolute atomic E-state index is 13.4. The van der Waals surface area contributed by atoms with Crippen molar-refractivity contribution in [2.45, 2.75) is 12.2 Å². The molecule has 0 fully saturated rings. The molecule has 17 heavy (non-hydrogen) atoms. The first-order valence-corrected chi connectivity index (χ1v) is 6.68. The van der Waals surface area contributed by atoms with E-state index in [2.05, 4.69) is 4.98 Å². The third-order valence-electron chi connectivity index (χ3n) is 2.45. The van der Waals surface area contributed by atoms with Gasteiger partial charge < -0.3 is 5.11 Å². The predicted molar refractivity (Wildman–Crippen MR) is 69.6 cm³/mol. The van der Waals surface area contributed by atoms with E-state index in [9.17, 15) is 4.39 Å². The second-order valence-electron chi connectivity index (χ2n) is 3.77. The van der Waals surface area contributed by atoms with Crippen molar-refractivity contribution in [3.63, 3.8) is 0 Å². The topological polar surface area (TPSA) is 33.1 Å². The van der Waals surface area contributed by atoms with Crippen LogP contribution in [0.2, 0.25) is 0 Å². The number of aliphatic hydroxyl groups is 1. The van der Waals surface area contributed by atoms with Gasteiger partial charge in [0.05, 0.1) is 5.52 Å². The van der Waals surface area contributed by atoms with E-state index in [1.807, 2.05) is 12.1 Å².